The van der Waals surface area contributed by atoms with Crippen molar-refractivity contribution in [3.05, 3.63) is 0 Å². The number of carbonyl (C=O) groups excluding carboxylic acids is 1. The molecule has 0 heterocycles. The number of alkyl halides is 1. The fourth-order valence-electron chi connectivity index (χ4n) is 0.552. The average Bonchev–Trinajstić information content (AvgIpc) is 2.00. The van der Waals surface area contributed by atoms with Crippen LogP contribution in [0, 0.1) is 5.92 Å². The lowest BCUT2D eigenvalue weighted by Gasteiger charge is -2.12. The third-order valence-corrected chi connectivity index (χ3v) is 2.85. The van der Waals surface area contributed by atoms with Crippen LogP contribution in [0.5, 0.6) is 0 Å². The van der Waals surface area contributed by atoms with Gasteiger partial charge in [-0.1, -0.05) is 36.2 Å². The van der Waals surface area contributed by atoms with Gasteiger partial charge in [0.15, 0.2) is 0 Å². The molecule has 0 bridgehead atoms. The number of carbonyl (C=O) groups is 1. The average molecular weight is 209 g/mol. The van der Waals surface area contributed by atoms with Gasteiger partial charge in [-0.2, -0.15) is 0 Å². The minimum atomic E-state index is -0.186. The molecule has 0 saturated heterocycles. The van der Waals surface area contributed by atoms with E-state index in [2.05, 4.69) is 20.7 Å². The van der Waals surface area contributed by atoms with Gasteiger partial charge in [-0.05, 0) is 5.92 Å². The van der Waals surface area contributed by atoms with Gasteiger partial charge in [0, 0.05) is 0 Å². The van der Waals surface area contributed by atoms with Crippen LogP contribution in [0.2, 0.25) is 0 Å². The Kier molecular flexibility index (Phi) is 4.69. The summed E-state index contributed by atoms with van der Waals surface area (Å²) in [6.45, 7) is 4.05. The molecule has 0 aromatic heterocycles. The highest BCUT2D eigenvalue weighted by Gasteiger charge is 2.20. The molecule has 0 aromatic rings. The summed E-state index contributed by atoms with van der Waals surface area (Å²) in [7, 11) is 1.40. The second-order valence-corrected chi connectivity index (χ2v) is 3.30. The lowest BCUT2D eigenvalue weighted by atomic mass is 10.1. The SMILES string of the molecule is CC[C@@H](C)[C@@H](Br)C(=O)OC. The van der Waals surface area contributed by atoms with Gasteiger partial charge in [-0.3, -0.25) is 4.79 Å². The molecule has 0 rings (SSSR count). The van der Waals surface area contributed by atoms with E-state index in [1.807, 2.05) is 13.8 Å². The van der Waals surface area contributed by atoms with Gasteiger partial charge in [0.25, 0.3) is 0 Å². The second-order valence-electron chi connectivity index (χ2n) is 2.31. The van der Waals surface area contributed by atoms with Crippen molar-refractivity contribution < 1.29 is 9.53 Å². The van der Waals surface area contributed by atoms with Crippen molar-refractivity contribution in [2.24, 2.45) is 5.92 Å². The Morgan fingerprint density at radius 1 is 1.70 bits per heavy atom. The molecule has 2 nitrogen and oxygen atoms in total. The minimum Gasteiger partial charge on any atom is -0.468 e. The zero-order chi connectivity index (χ0) is 8.15. The quantitative estimate of drug-likeness (QED) is 0.524. The van der Waals surface area contributed by atoms with Crippen molar-refractivity contribution in [2.75, 3.05) is 7.11 Å². The molecule has 0 spiro atoms. The molecule has 0 N–H and O–H groups in total. The van der Waals surface area contributed by atoms with Gasteiger partial charge in [-0.25, -0.2) is 0 Å². The lowest BCUT2D eigenvalue weighted by Crippen LogP contribution is -2.22. The highest BCUT2D eigenvalue weighted by Crippen LogP contribution is 2.16. The fraction of sp³-hybridized carbons (Fsp3) is 0.857. The largest absolute Gasteiger partial charge is 0.468 e. The highest BCUT2D eigenvalue weighted by atomic mass is 79.9. The third kappa shape index (κ3) is 2.69. The van der Waals surface area contributed by atoms with Gasteiger partial charge in [0.05, 0.1) is 7.11 Å². The van der Waals surface area contributed by atoms with E-state index in [0.717, 1.165) is 6.42 Å². The summed E-state index contributed by atoms with van der Waals surface area (Å²) in [5.41, 5.74) is 0. The number of methoxy groups -OCH3 is 1. The minimum absolute atomic E-state index is 0.150. The van der Waals surface area contributed by atoms with E-state index in [0.29, 0.717) is 5.92 Å². The summed E-state index contributed by atoms with van der Waals surface area (Å²) in [6.07, 6.45) is 0.977. The van der Waals surface area contributed by atoms with Crippen molar-refractivity contribution in [1.82, 2.24) is 0 Å². The van der Waals surface area contributed by atoms with E-state index in [4.69, 9.17) is 0 Å². The molecule has 0 aromatic carbocycles. The van der Waals surface area contributed by atoms with Crippen LogP contribution in [-0.4, -0.2) is 17.9 Å². The Morgan fingerprint density at radius 3 is 2.50 bits per heavy atom. The maximum Gasteiger partial charge on any atom is 0.319 e. The Labute approximate surface area is 70.1 Å². The van der Waals surface area contributed by atoms with E-state index >= 15 is 0 Å². The van der Waals surface area contributed by atoms with Crippen LogP contribution >= 0.6 is 15.9 Å². The van der Waals surface area contributed by atoms with E-state index in [-0.39, 0.29) is 10.8 Å². The van der Waals surface area contributed by atoms with E-state index < -0.39 is 0 Å². The molecule has 10 heavy (non-hydrogen) atoms. The van der Waals surface area contributed by atoms with Crippen molar-refractivity contribution in [1.29, 1.82) is 0 Å². The van der Waals surface area contributed by atoms with Crippen molar-refractivity contribution in [2.45, 2.75) is 25.1 Å². The van der Waals surface area contributed by atoms with E-state index in [1.54, 1.807) is 0 Å². The summed E-state index contributed by atoms with van der Waals surface area (Å²) in [6, 6.07) is 0. The summed E-state index contributed by atoms with van der Waals surface area (Å²) < 4.78 is 4.55. The first-order valence-electron chi connectivity index (χ1n) is 3.35. The van der Waals surface area contributed by atoms with Crippen LogP contribution in [0.4, 0.5) is 0 Å². The van der Waals surface area contributed by atoms with Crippen molar-refractivity contribution in [3.63, 3.8) is 0 Å². The summed E-state index contributed by atoms with van der Waals surface area (Å²) in [5, 5.41) is 0. The van der Waals surface area contributed by atoms with Crippen LogP contribution in [0.3, 0.4) is 0 Å². The van der Waals surface area contributed by atoms with Crippen molar-refractivity contribution >= 4 is 21.9 Å². The fourth-order valence-corrected chi connectivity index (χ4v) is 1.11. The summed E-state index contributed by atoms with van der Waals surface area (Å²) >= 11 is 3.25. The molecule has 0 aliphatic carbocycles. The molecular formula is C7H13BrO2. The molecule has 60 valence electrons. The van der Waals surface area contributed by atoms with Crippen LogP contribution in [-0.2, 0) is 9.53 Å². The molecule has 0 unspecified atom stereocenters. The Balaban J connectivity index is 3.81. The molecule has 3 heteroatoms. The van der Waals surface area contributed by atoms with Gasteiger partial charge in [0.1, 0.15) is 4.83 Å². The number of esters is 1. The number of hydrogen-bond acceptors (Lipinski definition) is 2. The van der Waals surface area contributed by atoms with Crippen LogP contribution in [0.15, 0.2) is 0 Å². The number of halogens is 1. The number of rotatable bonds is 3. The Bertz CT molecular complexity index is 114. The monoisotopic (exact) mass is 208 g/mol. The zero-order valence-electron chi connectivity index (χ0n) is 6.56. The molecule has 0 radical (unpaired) electrons. The number of ether oxygens (including phenoxy) is 1. The second kappa shape index (κ2) is 4.72. The Morgan fingerprint density at radius 2 is 2.20 bits per heavy atom. The molecule has 0 saturated carbocycles. The third-order valence-electron chi connectivity index (χ3n) is 1.57. The smallest absolute Gasteiger partial charge is 0.319 e. The molecular weight excluding hydrogens is 196 g/mol. The van der Waals surface area contributed by atoms with Gasteiger partial charge in [-0.15, -0.1) is 0 Å². The first-order valence-corrected chi connectivity index (χ1v) is 4.27. The maximum absolute atomic E-state index is 10.8. The lowest BCUT2D eigenvalue weighted by molar-refractivity contribution is -0.140. The van der Waals surface area contributed by atoms with E-state index in [9.17, 15) is 4.79 Å². The molecule has 0 amide bonds. The predicted octanol–water partition coefficient (Wildman–Crippen LogP) is 1.97. The molecule has 0 fully saturated rings. The topological polar surface area (TPSA) is 26.3 Å². The zero-order valence-corrected chi connectivity index (χ0v) is 8.14. The summed E-state index contributed by atoms with van der Waals surface area (Å²) in [4.78, 5) is 10.7. The van der Waals surface area contributed by atoms with Gasteiger partial charge < -0.3 is 4.74 Å². The van der Waals surface area contributed by atoms with Gasteiger partial charge in [0.2, 0.25) is 0 Å². The predicted molar refractivity (Wildman–Crippen MR) is 44.2 cm³/mol. The highest BCUT2D eigenvalue weighted by molar-refractivity contribution is 9.10. The van der Waals surface area contributed by atoms with Gasteiger partial charge >= 0.3 is 5.97 Å². The standard InChI is InChI=1S/C7H13BrO2/c1-4-5(2)6(8)7(9)10-3/h5-6H,4H2,1-3H3/t5-,6-/m1/s1. The first-order chi connectivity index (χ1) is 4.63. The first kappa shape index (κ1) is 9.95. The van der Waals surface area contributed by atoms with Crippen LogP contribution < -0.4 is 0 Å². The van der Waals surface area contributed by atoms with Crippen LogP contribution in [0.1, 0.15) is 20.3 Å². The molecule has 2 atom stereocenters. The summed E-state index contributed by atoms with van der Waals surface area (Å²) in [5.74, 6) is 0.154. The van der Waals surface area contributed by atoms with Crippen molar-refractivity contribution in [3.8, 4) is 0 Å². The van der Waals surface area contributed by atoms with E-state index in [1.165, 1.54) is 7.11 Å². The maximum atomic E-state index is 10.8. The van der Waals surface area contributed by atoms with Crippen LogP contribution in [0.25, 0.3) is 0 Å². The normalized spacial score (nSPS) is 16.0. The Hall–Kier alpha value is -0.0500. The molecule has 0 aliphatic heterocycles. The number of hydrogen-bond donors (Lipinski definition) is 0. The molecule has 0 aliphatic rings.